The number of piperazine rings is 1. The van der Waals surface area contributed by atoms with Crippen molar-refractivity contribution in [3.8, 4) is 0 Å². The second kappa shape index (κ2) is 8.32. The van der Waals surface area contributed by atoms with Gasteiger partial charge in [-0.15, -0.1) is 0 Å². The number of quaternary nitrogens is 1. The minimum Gasteiger partial charge on any atom is -0.462 e. The first-order valence-electron chi connectivity index (χ1n) is 9.11. The van der Waals surface area contributed by atoms with Gasteiger partial charge in [0.05, 0.1) is 50.6 Å². The highest BCUT2D eigenvalue weighted by atomic mass is 16.5. The molecule has 2 amide bonds. The Kier molecular flexibility index (Phi) is 5.88. The Bertz CT molecular complexity index is 751. The fraction of sp³-hybridized carbons (Fsp3) is 0.421. The van der Waals surface area contributed by atoms with E-state index in [1.54, 1.807) is 31.2 Å². The zero-order valence-corrected chi connectivity index (χ0v) is 15.3. The molecule has 1 fully saturated rings. The minimum absolute atomic E-state index is 0.144. The van der Waals surface area contributed by atoms with Crippen LogP contribution < -0.4 is 9.80 Å². The first-order chi connectivity index (χ1) is 13.0. The predicted octanol–water partition coefficient (Wildman–Crippen LogP) is -1.19. The zero-order valence-electron chi connectivity index (χ0n) is 15.3. The average Bonchev–Trinajstić information content (AvgIpc) is 2.97. The number of benzene rings is 1. The van der Waals surface area contributed by atoms with Crippen molar-refractivity contribution in [2.24, 2.45) is 0 Å². The number of aliphatic hydroxyl groups is 1. The van der Waals surface area contributed by atoms with Crippen LogP contribution in [0.25, 0.3) is 0 Å². The van der Waals surface area contributed by atoms with Crippen LogP contribution in [0.5, 0.6) is 0 Å². The number of nitrogens with zero attached hydrogens (tertiary/aromatic N) is 2. The molecule has 2 heterocycles. The van der Waals surface area contributed by atoms with Gasteiger partial charge in [0, 0.05) is 6.08 Å². The van der Waals surface area contributed by atoms with Gasteiger partial charge in [-0.2, -0.15) is 0 Å². The lowest BCUT2D eigenvalue weighted by atomic mass is 10.2. The van der Waals surface area contributed by atoms with Gasteiger partial charge in [-0.25, -0.2) is 9.69 Å². The van der Waals surface area contributed by atoms with E-state index in [-0.39, 0.29) is 25.0 Å². The maximum atomic E-state index is 12.8. The van der Waals surface area contributed by atoms with E-state index in [9.17, 15) is 14.4 Å². The van der Waals surface area contributed by atoms with E-state index >= 15 is 0 Å². The Hall–Kier alpha value is -2.71. The van der Waals surface area contributed by atoms with E-state index in [1.165, 1.54) is 11.0 Å². The molecule has 0 radical (unpaired) electrons. The molecule has 0 bridgehead atoms. The maximum Gasteiger partial charge on any atom is 0.338 e. The molecule has 0 saturated carbocycles. The summed E-state index contributed by atoms with van der Waals surface area (Å²) in [5.74, 6) is -1.18. The monoisotopic (exact) mass is 374 g/mol. The third-order valence-electron chi connectivity index (χ3n) is 4.82. The van der Waals surface area contributed by atoms with Crippen LogP contribution in [0.1, 0.15) is 17.3 Å². The molecule has 0 aromatic heterocycles. The molecule has 2 N–H and O–H groups in total. The third-order valence-corrected chi connectivity index (χ3v) is 4.82. The molecule has 0 unspecified atom stereocenters. The zero-order chi connectivity index (χ0) is 19.4. The molecule has 27 heavy (non-hydrogen) atoms. The first kappa shape index (κ1) is 19.1. The van der Waals surface area contributed by atoms with Crippen LogP contribution in [0.3, 0.4) is 0 Å². The molecule has 3 rings (SSSR count). The molecule has 8 nitrogen and oxygen atoms in total. The van der Waals surface area contributed by atoms with Gasteiger partial charge < -0.3 is 19.6 Å². The Labute approximate surface area is 157 Å². The minimum atomic E-state index is -0.440. The Balaban J connectivity index is 1.68. The fourth-order valence-electron chi connectivity index (χ4n) is 3.36. The van der Waals surface area contributed by atoms with Gasteiger partial charge in [-0.05, 0) is 31.2 Å². The molecule has 0 spiro atoms. The van der Waals surface area contributed by atoms with Crippen LogP contribution in [0.2, 0.25) is 0 Å². The number of esters is 1. The van der Waals surface area contributed by atoms with Gasteiger partial charge in [-0.1, -0.05) is 0 Å². The summed E-state index contributed by atoms with van der Waals surface area (Å²) in [5, 5.41) is 9.04. The smallest absolute Gasteiger partial charge is 0.338 e. The van der Waals surface area contributed by atoms with Crippen LogP contribution in [-0.2, 0) is 14.3 Å². The molecule has 0 atom stereocenters. The van der Waals surface area contributed by atoms with Crippen molar-refractivity contribution in [1.29, 1.82) is 0 Å². The van der Waals surface area contributed by atoms with E-state index in [4.69, 9.17) is 9.84 Å². The van der Waals surface area contributed by atoms with E-state index in [0.29, 0.717) is 36.6 Å². The molecule has 0 aliphatic carbocycles. The van der Waals surface area contributed by atoms with E-state index in [0.717, 1.165) is 18.0 Å². The number of rotatable bonds is 6. The standard InChI is InChI=1S/C19H23N3O5/c1-2-27-19(26)14-3-5-15(6-4-14)22-17(24)13-16(18(22)25)21-9-7-20(8-10-21)11-12-23/h3-6,13,23H,2,7-12H2,1H3/p+1. The molecular weight excluding hydrogens is 350 g/mol. The molecule has 1 aromatic rings. The van der Waals surface area contributed by atoms with Crippen LogP contribution in [0, 0.1) is 0 Å². The van der Waals surface area contributed by atoms with E-state index in [2.05, 4.69) is 0 Å². The van der Waals surface area contributed by atoms with Crippen molar-refractivity contribution in [3.63, 3.8) is 0 Å². The van der Waals surface area contributed by atoms with Crippen molar-refractivity contribution in [2.45, 2.75) is 6.92 Å². The second-order valence-corrected chi connectivity index (χ2v) is 6.49. The Morgan fingerprint density at radius 2 is 1.85 bits per heavy atom. The summed E-state index contributed by atoms with van der Waals surface area (Å²) < 4.78 is 4.94. The number of hydrogen-bond donors (Lipinski definition) is 2. The third kappa shape index (κ3) is 4.01. The number of amides is 2. The maximum absolute atomic E-state index is 12.8. The summed E-state index contributed by atoms with van der Waals surface area (Å²) in [6, 6.07) is 6.23. The molecule has 2 aliphatic heterocycles. The number of nitrogens with one attached hydrogen (secondary N) is 1. The number of imide groups is 1. The molecule has 8 heteroatoms. The molecule has 144 valence electrons. The molecule has 1 saturated heterocycles. The second-order valence-electron chi connectivity index (χ2n) is 6.49. The van der Waals surface area contributed by atoms with Crippen molar-refractivity contribution >= 4 is 23.5 Å². The number of ether oxygens (including phenoxy) is 1. The van der Waals surface area contributed by atoms with Crippen LogP contribution >= 0.6 is 0 Å². The average molecular weight is 374 g/mol. The topological polar surface area (TPSA) is 91.6 Å². The van der Waals surface area contributed by atoms with Crippen LogP contribution in [0.15, 0.2) is 36.0 Å². The van der Waals surface area contributed by atoms with Gasteiger partial charge in [0.25, 0.3) is 11.8 Å². The predicted molar refractivity (Wildman–Crippen MR) is 97.2 cm³/mol. The van der Waals surface area contributed by atoms with Gasteiger partial charge in [0.1, 0.15) is 12.2 Å². The van der Waals surface area contributed by atoms with E-state index in [1.807, 2.05) is 4.90 Å². The van der Waals surface area contributed by atoms with Crippen molar-refractivity contribution in [2.75, 3.05) is 50.8 Å². The number of carbonyl (C=O) groups excluding carboxylic acids is 3. The van der Waals surface area contributed by atoms with Gasteiger partial charge in [0.15, 0.2) is 0 Å². The van der Waals surface area contributed by atoms with Crippen LogP contribution in [0.4, 0.5) is 5.69 Å². The Morgan fingerprint density at radius 3 is 2.44 bits per heavy atom. The lowest BCUT2D eigenvalue weighted by Gasteiger charge is -2.33. The van der Waals surface area contributed by atoms with Gasteiger partial charge in [0.2, 0.25) is 0 Å². The fourth-order valence-corrected chi connectivity index (χ4v) is 3.36. The summed E-state index contributed by atoms with van der Waals surface area (Å²) in [6.07, 6.45) is 1.37. The quantitative estimate of drug-likeness (QED) is 0.481. The highest BCUT2D eigenvalue weighted by Crippen LogP contribution is 2.25. The summed E-state index contributed by atoms with van der Waals surface area (Å²) in [6.45, 7) is 5.80. The lowest BCUT2D eigenvalue weighted by Crippen LogP contribution is -3.15. The molecule has 1 aromatic carbocycles. The summed E-state index contributed by atoms with van der Waals surface area (Å²) >= 11 is 0. The lowest BCUT2D eigenvalue weighted by molar-refractivity contribution is -0.904. The number of hydrogen-bond acceptors (Lipinski definition) is 6. The Morgan fingerprint density at radius 1 is 1.19 bits per heavy atom. The van der Waals surface area contributed by atoms with E-state index < -0.39 is 5.97 Å². The molecule has 2 aliphatic rings. The summed E-state index contributed by atoms with van der Waals surface area (Å²) in [4.78, 5) is 41.3. The van der Waals surface area contributed by atoms with Crippen molar-refractivity contribution in [1.82, 2.24) is 4.90 Å². The molecular formula is C19H24N3O5+. The van der Waals surface area contributed by atoms with Crippen LogP contribution in [-0.4, -0.2) is 73.7 Å². The SMILES string of the molecule is CCOC(=O)c1ccc(N2C(=O)C=C(N3CC[NH+](CCO)CC3)C2=O)cc1. The normalized spacial score (nSPS) is 18.1. The summed E-state index contributed by atoms with van der Waals surface area (Å²) in [7, 11) is 0. The summed E-state index contributed by atoms with van der Waals surface area (Å²) in [5.41, 5.74) is 1.20. The van der Waals surface area contributed by atoms with Crippen molar-refractivity contribution in [3.05, 3.63) is 41.6 Å². The van der Waals surface area contributed by atoms with Gasteiger partial charge >= 0.3 is 5.97 Å². The number of carbonyl (C=O) groups is 3. The van der Waals surface area contributed by atoms with Crippen molar-refractivity contribution < 1.29 is 29.1 Å². The number of anilines is 1. The first-order valence-corrected chi connectivity index (χ1v) is 9.11. The highest BCUT2D eigenvalue weighted by Gasteiger charge is 2.36. The van der Waals surface area contributed by atoms with Gasteiger partial charge in [-0.3, -0.25) is 9.59 Å². The highest BCUT2D eigenvalue weighted by molar-refractivity contribution is 6.30. The number of aliphatic hydroxyl groups excluding tert-OH is 1. The largest absolute Gasteiger partial charge is 0.462 e.